The van der Waals surface area contributed by atoms with Gasteiger partial charge in [0.15, 0.2) is 0 Å². The summed E-state index contributed by atoms with van der Waals surface area (Å²) in [5, 5.41) is -0.650. The van der Waals surface area contributed by atoms with Crippen LogP contribution in [0.5, 0.6) is 5.75 Å². The molecule has 0 spiro atoms. The summed E-state index contributed by atoms with van der Waals surface area (Å²) in [6.07, 6.45) is 0.144. The average molecular weight is 275 g/mol. The molecule has 0 saturated carbocycles. The second-order valence-electron chi connectivity index (χ2n) is 3.91. The maximum atomic E-state index is 11.8. The van der Waals surface area contributed by atoms with Gasteiger partial charge >= 0.3 is 5.97 Å². The van der Waals surface area contributed by atoms with Crippen LogP contribution in [0.15, 0.2) is 54.6 Å². The van der Waals surface area contributed by atoms with Gasteiger partial charge in [-0.1, -0.05) is 42.5 Å². The number of rotatable bonds is 4. The quantitative estimate of drug-likeness (QED) is 0.488. The molecule has 96 valence electrons. The molecule has 0 unspecified atom stereocenters. The Morgan fingerprint density at radius 1 is 0.947 bits per heavy atom. The lowest BCUT2D eigenvalue weighted by atomic mass is 10.1. The Bertz CT molecular complexity index is 593. The van der Waals surface area contributed by atoms with E-state index in [-0.39, 0.29) is 17.7 Å². The van der Waals surface area contributed by atoms with Crippen LogP contribution in [0.1, 0.15) is 15.9 Å². The fourth-order valence-corrected chi connectivity index (χ4v) is 1.80. The molecule has 0 aliphatic heterocycles. The second kappa shape index (κ2) is 6.16. The maximum absolute atomic E-state index is 11.8. The largest absolute Gasteiger partial charge is 0.425 e. The standard InChI is InChI=1S/C15H11ClO3/c16-15(18)12-8-4-5-9-13(12)19-14(17)10-11-6-2-1-3-7-11/h1-9H,10H2. The molecule has 0 fully saturated rings. The molecule has 4 heteroatoms. The summed E-state index contributed by atoms with van der Waals surface area (Å²) in [6.45, 7) is 0. The molecule has 2 aromatic carbocycles. The molecular weight excluding hydrogens is 264 g/mol. The first-order valence-electron chi connectivity index (χ1n) is 5.70. The van der Waals surface area contributed by atoms with Gasteiger partial charge in [0.25, 0.3) is 5.24 Å². The molecular formula is C15H11ClO3. The van der Waals surface area contributed by atoms with Gasteiger partial charge in [0.05, 0.1) is 12.0 Å². The molecule has 0 aliphatic carbocycles. The van der Waals surface area contributed by atoms with Gasteiger partial charge in [-0.25, -0.2) is 0 Å². The number of para-hydroxylation sites is 1. The molecule has 2 rings (SSSR count). The predicted octanol–water partition coefficient (Wildman–Crippen LogP) is 3.21. The molecule has 2 aromatic rings. The lowest BCUT2D eigenvalue weighted by Gasteiger charge is -2.07. The normalized spacial score (nSPS) is 9.95. The lowest BCUT2D eigenvalue weighted by Crippen LogP contribution is -2.12. The van der Waals surface area contributed by atoms with Crippen molar-refractivity contribution in [2.45, 2.75) is 6.42 Å². The summed E-state index contributed by atoms with van der Waals surface area (Å²) < 4.78 is 5.17. The van der Waals surface area contributed by atoms with E-state index in [0.717, 1.165) is 5.56 Å². The number of carbonyl (C=O) groups excluding carboxylic acids is 2. The highest BCUT2D eigenvalue weighted by Crippen LogP contribution is 2.20. The molecule has 0 bridgehead atoms. The number of hydrogen-bond acceptors (Lipinski definition) is 3. The Hall–Kier alpha value is -2.13. The molecule has 0 atom stereocenters. The summed E-state index contributed by atoms with van der Waals surface area (Å²) in [6, 6.07) is 15.6. The third-order valence-electron chi connectivity index (χ3n) is 2.51. The number of esters is 1. The minimum absolute atomic E-state index is 0.144. The molecule has 0 aliphatic rings. The second-order valence-corrected chi connectivity index (χ2v) is 4.25. The van der Waals surface area contributed by atoms with Gasteiger partial charge < -0.3 is 4.74 Å². The Labute approximate surface area is 115 Å². The third-order valence-corrected chi connectivity index (χ3v) is 2.72. The Morgan fingerprint density at radius 3 is 2.26 bits per heavy atom. The first-order chi connectivity index (χ1) is 9.16. The van der Waals surface area contributed by atoms with Crippen molar-refractivity contribution in [1.82, 2.24) is 0 Å². The fraction of sp³-hybridized carbons (Fsp3) is 0.0667. The van der Waals surface area contributed by atoms with E-state index in [4.69, 9.17) is 16.3 Å². The first kappa shape index (κ1) is 13.3. The Morgan fingerprint density at radius 2 is 1.58 bits per heavy atom. The van der Waals surface area contributed by atoms with Crippen LogP contribution in [-0.4, -0.2) is 11.2 Å². The zero-order valence-electron chi connectivity index (χ0n) is 10.0. The van der Waals surface area contributed by atoms with E-state index in [1.54, 1.807) is 18.2 Å². The molecule has 0 saturated heterocycles. The van der Waals surface area contributed by atoms with Gasteiger partial charge in [-0.15, -0.1) is 0 Å². The van der Waals surface area contributed by atoms with Gasteiger partial charge in [0, 0.05) is 0 Å². The van der Waals surface area contributed by atoms with Crippen molar-refractivity contribution in [2.24, 2.45) is 0 Å². The molecule has 0 N–H and O–H groups in total. The molecule has 0 radical (unpaired) electrons. The maximum Gasteiger partial charge on any atom is 0.315 e. The van der Waals surface area contributed by atoms with Crippen molar-refractivity contribution in [2.75, 3.05) is 0 Å². The van der Waals surface area contributed by atoms with E-state index in [1.807, 2.05) is 30.3 Å². The van der Waals surface area contributed by atoms with Gasteiger partial charge in [-0.05, 0) is 29.3 Å². The minimum Gasteiger partial charge on any atom is -0.425 e. The van der Waals surface area contributed by atoms with Crippen LogP contribution in [0.3, 0.4) is 0 Å². The summed E-state index contributed by atoms with van der Waals surface area (Å²) in [5.41, 5.74) is 1.03. The molecule has 0 heterocycles. The fourth-order valence-electron chi connectivity index (χ4n) is 1.64. The molecule has 0 aromatic heterocycles. The van der Waals surface area contributed by atoms with Gasteiger partial charge in [-0.3, -0.25) is 9.59 Å². The summed E-state index contributed by atoms with van der Waals surface area (Å²) in [7, 11) is 0. The monoisotopic (exact) mass is 274 g/mol. The van der Waals surface area contributed by atoms with Gasteiger partial charge in [0.2, 0.25) is 0 Å². The van der Waals surface area contributed by atoms with Crippen LogP contribution in [0.25, 0.3) is 0 Å². The van der Waals surface area contributed by atoms with Crippen molar-refractivity contribution < 1.29 is 14.3 Å². The first-order valence-corrected chi connectivity index (χ1v) is 6.08. The highest BCUT2D eigenvalue weighted by molar-refractivity contribution is 6.68. The number of ether oxygens (including phenoxy) is 1. The Balaban J connectivity index is 2.09. The van der Waals surface area contributed by atoms with E-state index in [1.165, 1.54) is 6.07 Å². The van der Waals surface area contributed by atoms with Crippen LogP contribution in [-0.2, 0) is 11.2 Å². The lowest BCUT2D eigenvalue weighted by molar-refractivity contribution is -0.133. The third kappa shape index (κ3) is 3.66. The van der Waals surface area contributed by atoms with E-state index in [9.17, 15) is 9.59 Å². The Kier molecular flexibility index (Phi) is 4.31. The van der Waals surface area contributed by atoms with Crippen molar-refractivity contribution in [1.29, 1.82) is 0 Å². The predicted molar refractivity (Wildman–Crippen MR) is 72.4 cm³/mol. The summed E-state index contributed by atoms with van der Waals surface area (Å²) in [4.78, 5) is 23.0. The number of benzene rings is 2. The summed E-state index contributed by atoms with van der Waals surface area (Å²) >= 11 is 5.42. The van der Waals surface area contributed by atoms with E-state index in [2.05, 4.69) is 0 Å². The van der Waals surface area contributed by atoms with Crippen LogP contribution in [0, 0.1) is 0 Å². The van der Waals surface area contributed by atoms with Crippen LogP contribution < -0.4 is 4.74 Å². The smallest absolute Gasteiger partial charge is 0.315 e. The van der Waals surface area contributed by atoms with Crippen LogP contribution in [0.4, 0.5) is 0 Å². The van der Waals surface area contributed by atoms with Crippen LogP contribution >= 0.6 is 11.6 Å². The van der Waals surface area contributed by atoms with Crippen molar-refractivity contribution in [3.05, 3.63) is 65.7 Å². The number of carbonyl (C=O) groups is 2. The highest BCUT2D eigenvalue weighted by Gasteiger charge is 2.13. The van der Waals surface area contributed by atoms with Crippen molar-refractivity contribution in [3.8, 4) is 5.75 Å². The minimum atomic E-state index is -0.650. The molecule has 0 amide bonds. The SMILES string of the molecule is O=C(Cc1ccccc1)Oc1ccccc1C(=O)Cl. The zero-order chi connectivity index (χ0) is 13.7. The van der Waals surface area contributed by atoms with E-state index >= 15 is 0 Å². The van der Waals surface area contributed by atoms with Crippen molar-refractivity contribution >= 4 is 22.8 Å². The highest BCUT2D eigenvalue weighted by atomic mass is 35.5. The summed E-state index contributed by atoms with van der Waals surface area (Å²) in [5.74, 6) is -0.250. The van der Waals surface area contributed by atoms with Crippen molar-refractivity contribution in [3.63, 3.8) is 0 Å². The van der Waals surface area contributed by atoms with Gasteiger partial charge in [-0.2, -0.15) is 0 Å². The number of hydrogen-bond donors (Lipinski definition) is 0. The molecule has 19 heavy (non-hydrogen) atoms. The van der Waals surface area contributed by atoms with Gasteiger partial charge in [0.1, 0.15) is 5.75 Å². The topological polar surface area (TPSA) is 43.4 Å². The van der Waals surface area contributed by atoms with E-state index in [0.29, 0.717) is 0 Å². The zero-order valence-corrected chi connectivity index (χ0v) is 10.8. The van der Waals surface area contributed by atoms with Crippen LogP contribution in [0.2, 0.25) is 0 Å². The van der Waals surface area contributed by atoms with E-state index < -0.39 is 11.2 Å². The number of halogens is 1. The average Bonchev–Trinajstić information content (AvgIpc) is 2.40. The molecule has 3 nitrogen and oxygen atoms in total.